The minimum absolute atomic E-state index is 0.140. The van der Waals surface area contributed by atoms with E-state index >= 15 is 0 Å². The van der Waals surface area contributed by atoms with Crippen molar-refractivity contribution in [1.29, 1.82) is 0 Å². The molecule has 0 saturated carbocycles. The Balaban J connectivity index is 2.80. The first-order valence-electron chi connectivity index (χ1n) is 6.06. The number of ketones is 1. The van der Waals surface area contributed by atoms with Crippen LogP contribution >= 0.6 is 0 Å². The van der Waals surface area contributed by atoms with Crippen molar-refractivity contribution in [1.82, 2.24) is 0 Å². The molecule has 0 aromatic carbocycles. The Morgan fingerprint density at radius 2 is 2.25 bits per heavy atom. The number of ether oxygens (including phenoxy) is 1. The minimum atomic E-state index is 0.140. The van der Waals surface area contributed by atoms with Crippen molar-refractivity contribution in [3.05, 3.63) is 24.0 Å². The van der Waals surface area contributed by atoms with Crippen LogP contribution in [-0.4, -0.2) is 12.4 Å². The molecule has 0 spiro atoms. The number of hydrogen-bond donors (Lipinski definition) is 0. The predicted octanol–water partition coefficient (Wildman–Crippen LogP) is 3.49. The third kappa shape index (κ3) is 3.22. The molecule has 0 N–H and O–H groups in total. The first-order valence-corrected chi connectivity index (χ1v) is 6.06. The maximum absolute atomic E-state index is 12.0. The van der Waals surface area contributed by atoms with E-state index in [-0.39, 0.29) is 11.7 Å². The fourth-order valence-electron chi connectivity index (χ4n) is 1.85. The Bertz CT molecular complexity index is 300. The van der Waals surface area contributed by atoms with Gasteiger partial charge in [0.05, 0.1) is 6.61 Å². The van der Waals surface area contributed by atoms with Gasteiger partial charge in [-0.05, 0) is 18.8 Å². The third-order valence-electron chi connectivity index (χ3n) is 2.83. The van der Waals surface area contributed by atoms with Gasteiger partial charge >= 0.3 is 0 Å². The highest BCUT2D eigenvalue weighted by Gasteiger charge is 2.26. The Kier molecular flexibility index (Phi) is 4.78. The van der Waals surface area contributed by atoms with Crippen molar-refractivity contribution in [3.8, 4) is 0 Å². The summed E-state index contributed by atoms with van der Waals surface area (Å²) in [6.45, 7) is 10.6. The molecule has 0 heterocycles. The molecule has 1 rings (SSSR count). The van der Waals surface area contributed by atoms with Gasteiger partial charge in [-0.2, -0.15) is 0 Å². The fourth-order valence-corrected chi connectivity index (χ4v) is 1.85. The zero-order valence-corrected chi connectivity index (χ0v) is 10.6. The van der Waals surface area contributed by atoms with Crippen LogP contribution in [0, 0.1) is 11.8 Å². The summed E-state index contributed by atoms with van der Waals surface area (Å²) in [5, 5.41) is 0. The van der Waals surface area contributed by atoms with Gasteiger partial charge in [-0.1, -0.05) is 26.8 Å². The molecule has 0 bridgehead atoms. The van der Waals surface area contributed by atoms with Crippen LogP contribution < -0.4 is 0 Å². The van der Waals surface area contributed by atoms with Gasteiger partial charge in [0, 0.05) is 17.9 Å². The summed E-state index contributed by atoms with van der Waals surface area (Å²) in [5.74, 6) is 1.77. The van der Waals surface area contributed by atoms with E-state index in [9.17, 15) is 4.79 Å². The second-order valence-electron chi connectivity index (χ2n) is 4.90. The fraction of sp³-hybridized carbons (Fsp3) is 0.643. The summed E-state index contributed by atoms with van der Waals surface area (Å²) >= 11 is 0. The molecule has 2 nitrogen and oxygen atoms in total. The van der Waals surface area contributed by atoms with E-state index in [2.05, 4.69) is 20.4 Å². The predicted molar refractivity (Wildman–Crippen MR) is 66.0 cm³/mol. The van der Waals surface area contributed by atoms with Crippen LogP contribution in [0.1, 0.15) is 40.0 Å². The molecule has 0 aliphatic heterocycles. The molecule has 0 aromatic heterocycles. The van der Waals surface area contributed by atoms with Crippen LogP contribution in [-0.2, 0) is 9.53 Å². The lowest BCUT2D eigenvalue weighted by Gasteiger charge is -2.24. The molecule has 0 amide bonds. The normalized spacial score (nSPS) is 21.5. The molecular weight excluding hydrogens is 200 g/mol. The quantitative estimate of drug-likeness (QED) is 0.666. The first-order chi connectivity index (χ1) is 7.56. The SMILES string of the molecule is C=CCC1=C(OCC(C)C)CCC(C)C1=O. The second kappa shape index (κ2) is 5.88. The number of allylic oxidation sites excluding steroid dienone is 3. The molecule has 90 valence electrons. The highest BCUT2D eigenvalue weighted by Crippen LogP contribution is 2.29. The Hall–Kier alpha value is -1.05. The largest absolute Gasteiger partial charge is 0.497 e. The summed E-state index contributed by atoms with van der Waals surface area (Å²) in [7, 11) is 0. The molecule has 0 radical (unpaired) electrons. The van der Waals surface area contributed by atoms with Crippen LogP contribution in [0.3, 0.4) is 0 Å². The summed E-state index contributed by atoms with van der Waals surface area (Å²) in [6, 6.07) is 0. The molecule has 1 aliphatic carbocycles. The van der Waals surface area contributed by atoms with Gasteiger partial charge in [-0.25, -0.2) is 0 Å². The van der Waals surface area contributed by atoms with Crippen molar-refractivity contribution in [2.75, 3.05) is 6.61 Å². The maximum Gasteiger partial charge on any atom is 0.165 e. The van der Waals surface area contributed by atoms with Crippen LogP contribution in [0.15, 0.2) is 24.0 Å². The average Bonchev–Trinajstić information content (AvgIpc) is 2.24. The molecule has 0 fully saturated rings. The second-order valence-corrected chi connectivity index (χ2v) is 4.90. The van der Waals surface area contributed by atoms with Crippen LogP contribution in [0.4, 0.5) is 0 Å². The van der Waals surface area contributed by atoms with Gasteiger partial charge in [0.2, 0.25) is 0 Å². The molecule has 1 aliphatic rings. The number of hydrogen-bond acceptors (Lipinski definition) is 2. The monoisotopic (exact) mass is 222 g/mol. The molecule has 1 unspecified atom stereocenters. The first kappa shape index (κ1) is 13.0. The highest BCUT2D eigenvalue weighted by atomic mass is 16.5. The van der Waals surface area contributed by atoms with Crippen molar-refractivity contribution < 1.29 is 9.53 Å². The summed E-state index contributed by atoms with van der Waals surface area (Å²) in [5.41, 5.74) is 0.842. The highest BCUT2D eigenvalue weighted by molar-refractivity contribution is 5.98. The van der Waals surface area contributed by atoms with E-state index in [1.54, 1.807) is 6.08 Å². The van der Waals surface area contributed by atoms with E-state index in [1.807, 2.05) is 6.92 Å². The third-order valence-corrected chi connectivity index (χ3v) is 2.83. The van der Waals surface area contributed by atoms with Crippen LogP contribution in [0.25, 0.3) is 0 Å². The van der Waals surface area contributed by atoms with E-state index in [0.717, 1.165) is 24.2 Å². The Morgan fingerprint density at radius 3 is 2.81 bits per heavy atom. The maximum atomic E-state index is 12.0. The zero-order valence-electron chi connectivity index (χ0n) is 10.6. The summed E-state index contributed by atoms with van der Waals surface area (Å²) in [4.78, 5) is 12.0. The standard InChI is InChI=1S/C14H22O2/c1-5-6-12-13(16-9-10(2)3)8-7-11(4)14(12)15/h5,10-11H,1,6-9H2,2-4H3. The van der Waals surface area contributed by atoms with Crippen LogP contribution in [0.2, 0.25) is 0 Å². The lowest BCUT2D eigenvalue weighted by atomic mass is 9.86. The topological polar surface area (TPSA) is 26.3 Å². The Morgan fingerprint density at radius 1 is 1.56 bits per heavy atom. The number of carbonyl (C=O) groups is 1. The average molecular weight is 222 g/mol. The summed E-state index contributed by atoms with van der Waals surface area (Å²) < 4.78 is 5.74. The number of rotatable bonds is 5. The van der Waals surface area contributed by atoms with E-state index in [1.165, 1.54) is 0 Å². The molecule has 1 atom stereocenters. The molecule has 0 aromatic rings. The van der Waals surface area contributed by atoms with Gasteiger partial charge in [0.15, 0.2) is 5.78 Å². The molecule has 0 saturated heterocycles. The lowest BCUT2D eigenvalue weighted by Crippen LogP contribution is -2.22. The lowest BCUT2D eigenvalue weighted by molar-refractivity contribution is -0.120. The Labute approximate surface area is 98.4 Å². The molecular formula is C14H22O2. The minimum Gasteiger partial charge on any atom is -0.497 e. The van der Waals surface area contributed by atoms with Gasteiger partial charge in [0.25, 0.3) is 0 Å². The van der Waals surface area contributed by atoms with E-state index in [4.69, 9.17) is 4.74 Å². The van der Waals surface area contributed by atoms with Gasteiger partial charge in [0.1, 0.15) is 5.76 Å². The number of Topliss-reactive ketones (excluding diaryl/α,β-unsaturated/α-hetero) is 1. The smallest absolute Gasteiger partial charge is 0.165 e. The number of carbonyl (C=O) groups excluding carboxylic acids is 1. The van der Waals surface area contributed by atoms with Crippen molar-refractivity contribution >= 4 is 5.78 Å². The summed E-state index contributed by atoms with van der Waals surface area (Å²) in [6.07, 6.45) is 4.22. The van der Waals surface area contributed by atoms with Crippen LogP contribution in [0.5, 0.6) is 0 Å². The molecule has 16 heavy (non-hydrogen) atoms. The van der Waals surface area contributed by atoms with Gasteiger partial charge < -0.3 is 4.74 Å². The van der Waals surface area contributed by atoms with Gasteiger partial charge in [-0.3, -0.25) is 4.79 Å². The van der Waals surface area contributed by atoms with E-state index in [0.29, 0.717) is 18.9 Å². The molecule has 2 heteroatoms. The van der Waals surface area contributed by atoms with Crippen molar-refractivity contribution in [2.24, 2.45) is 11.8 Å². The van der Waals surface area contributed by atoms with Crippen molar-refractivity contribution in [2.45, 2.75) is 40.0 Å². The van der Waals surface area contributed by atoms with Crippen molar-refractivity contribution in [3.63, 3.8) is 0 Å². The zero-order chi connectivity index (χ0) is 12.1. The van der Waals surface area contributed by atoms with E-state index < -0.39 is 0 Å². The van der Waals surface area contributed by atoms with Gasteiger partial charge in [-0.15, -0.1) is 6.58 Å².